The molecule has 1 aromatic rings. The molecule has 0 radical (unpaired) electrons. The van der Waals surface area contributed by atoms with Crippen molar-refractivity contribution in [1.29, 1.82) is 0 Å². The second-order valence-corrected chi connectivity index (χ2v) is 6.42. The van der Waals surface area contributed by atoms with E-state index in [1.807, 2.05) is 0 Å². The number of hydrogen-bond acceptors (Lipinski definition) is 5. The molecule has 4 saturated carbocycles. The van der Waals surface area contributed by atoms with Crippen LogP contribution in [0.5, 0.6) is 0 Å². The number of nitrogens with zero attached hydrogens (tertiary/aromatic N) is 2. The maximum Gasteiger partial charge on any atom is 0.312 e. The van der Waals surface area contributed by atoms with Crippen LogP contribution in [0.3, 0.4) is 0 Å². The summed E-state index contributed by atoms with van der Waals surface area (Å²) in [5.74, 6) is 3.18. The highest BCUT2D eigenvalue weighted by molar-refractivity contribution is 5.05. The molecule has 1 aromatic heterocycles. The molecule has 98 valence electrons. The summed E-state index contributed by atoms with van der Waals surface area (Å²) in [5.41, 5.74) is 5.51. The fourth-order valence-corrected chi connectivity index (χ4v) is 4.75. The Bertz CT molecular complexity index is 422. The van der Waals surface area contributed by atoms with E-state index in [0.29, 0.717) is 12.5 Å². The van der Waals surface area contributed by atoms with Gasteiger partial charge in [0.15, 0.2) is 0 Å². The van der Waals surface area contributed by atoms with E-state index < -0.39 is 0 Å². The van der Waals surface area contributed by atoms with Crippen LogP contribution >= 0.6 is 0 Å². The van der Waals surface area contributed by atoms with E-state index in [0.717, 1.165) is 17.8 Å². The normalized spacial score (nSPS) is 41.4. The van der Waals surface area contributed by atoms with Crippen molar-refractivity contribution >= 4 is 6.01 Å². The molecule has 0 amide bonds. The van der Waals surface area contributed by atoms with Crippen LogP contribution in [-0.4, -0.2) is 15.8 Å². The number of aromatic nitrogens is 2. The van der Waals surface area contributed by atoms with Crippen molar-refractivity contribution < 1.29 is 9.15 Å². The molecular formula is C13H19N3O2. The van der Waals surface area contributed by atoms with Crippen LogP contribution in [-0.2, 0) is 11.3 Å². The summed E-state index contributed by atoms with van der Waals surface area (Å²) < 4.78 is 11.4. The van der Waals surface area contributed by atoms with E-state index >= 15 is 0 Å². The Labute approximate surface area is 106 Å². The first kappa shape index (κ1) is 10.8. The van der Waals surface area contributed by atoms with Crippen LogP contribution < -0.4 is 5.73 Å². The summed E-state index contributed by atoms with van der Waals surface area (Å²) in [6, 6.07) is 0.124. The van der Waals surface area contributed by atoms with Crippen molar-refractivity contribution in [2.45, 2.75) is 50.7 Å². The Balaban J connectivity index is 1.47. The average molecular weight is 249 g/mol. The van der Waals surface area contributed by atoms with Gasteiger partial charge in [0.05, 0.1) is 5.60 Å². The minimum atomic E-state index is 0.0952. The molecule has 0 aromatic carbocycles. The van der Waals surface area contributed by atoms with Gasteiger partial charge in [0, 0.05) is 0 Å². The van der Waals surface area contributed by atoms with Crippen LogP contribution in [0.4, 0.5) is 6.01 Å². The van der Waals surface area contributed by atoms with Crippen molar-refractivity contribution in [2.75, 3.05) is 5.73 Å². The van der Waals surface area contributed by atoms with Crippen LogP contribution in [0.15, 0.2) is 4.42 Å². The summed E-state index contributed by atoms with van der Waals surface area (Å²) in [5, 5.41) is 7.53. The molecule has 0 aliphatic heterocycles. The van der Waals surface area contributed by atoms with Gasteiger partial charge in [-0.05, 0) is 56.3 Å². The lowest BCUT2D eigenvalue weighted by atomic mass is 9.54. The average Bonchev–Trinajstić information content (AvgIpc) is 2.71. The lowest BCUT2D eigenvalue weighted by molar-refractivity contribution is -0.171. The minimum absolute atomic E-state index is 0.0952. The van der Waals surface area contributed by atoms with Gasteiger partial charge in [0.1, 0.15) is 6.61 Å². The SMILES string of the molecule is Nc1nnc(COC23CC4CC(CC(C4)C2)C3)o1. The van der Waals surface area contributed by atoms with E-state index in [4.69, 9.17) is 14.9 Å². The number of rotatable bonds is 3. The number of nitrogens with two attached hydrogens (primary N) is 1. The van der Waals surface area contributed by atoms with Crippen LogP contribution in [0.2, 0.25) is 0 Å². The fraction of sp³-hybridized carbons (Fsp3) is 0.846. The summed E-state index contributed by atoms with van der Waals surface area (Å²) in [6.07, 6.45) is 7.95. The molecule has 0 atom stereocenters. The lowest BCUT2D eigenvalue weighted by Gasteiger charge is -2.56. The molecule has 4 fully saturated rings. The van der Waals surface area contributed by atoms with Gasteiger partial charge >= 0.3 is 6.01 Å². The van der Waals surface area contributed by atoms with Crippen molar-refractivity contribution in [3.05, 3.63) is 5.89 Å². The molecular weight excluding hydrogens is 230 g/mol. The third-order valence-electron chi connectivity index (χ3n) is 4.97. The molecule has 0 spiro atoms. The molecule has 0 saturated heterocycles. The smallest absolute Gasteiger partial charge is 0.312 e. The molecule has 1 heterocycles. The van der Waals surface area contributed by atoms with Gasteiger partial charge in [0.2, 0.25) is 5.89 Å². The molecule has 5 rings (SSSR count). The van der Waals surface area contributed by atoms with Gasteiger partial charge < -0.3 is 14.9 Å². The summed E-state index contributed by atoms with van der Waals surface area (Å²) in [7, 11) is 0. The molecule has 5 heteroatoms. The fourth-order valence-electron chi connectivity index (χ4n) is 4.75. The Kier molecular flexibility index (Phi) is 2.22. The molecule has 4 aliphatic rings. The molecule has 18 heavy (non-hydrogen) atoms. The van der Waals surface area contributed by atoms with E-state index in [1.54, 1.807) is 0 Å². The zero-order valence-electron chi connectivity index (χ0n) is 10.5. The third kappa shape index (κ3) is 1.72. The monoisotopic (exact) mass is 249 g/mol. The quantitative estimate of drug-likeness (QED) is 0.888. The number of ether oxygens (including phenoxy) is 1. The summed E-state index contributed by atoms with van der Waals surface area (Å²) in [4.78, 5) is 0. The molecule has 5 nitrogen and oxygen atoms in total. The molecule has 0 unspecified atom stereocenters. The van der Waals surface area contributed by atoms with Gasteiger partial charge in [-0.15, -0.1) is 5.10 Å². The highest BCUT2D eigenvalue weighted by atomic mass is 16.5. The second kappa shape index (κ2) is 3.70. The van der Waals surface area contributed by atoms with Crippen molar-refractivity contribution in [3.63, 3.8) is 0 Å². The Morgan fingerprint density at radius 2 is 1.72 bits per heavy atom. The van der Waals surface area contributed by atoms with Crippen LogP contribution in [0.25, 0.3) is 0 Å². The Morgan fingerprint density at radius 1 is 1.11 bits per heavy atom. The second-order valence-electron chi connectivity index (χ2n) is 6.42. The van der Waals surface area contributed by atoms with Gasteiger partial charge in [-0.25, -0.2) is 0 Å². The van der Waals surface area contributed by atoms with Crippen molar-refractivity contribution in [2.24, 2.45) is 17.8 Å². The lowest BCUT2D eigenvalue weighted by Crippen LogP contribution is -2.51. The van der Waals surface area contributed by atoms with Gasteiger partial charge in [0.25, 0.3) is 0 Å². The predicted molar refractivity (Wildman–Crippen MR) is 64.4 cm³/mol. The Morgan fingerprint density at radius 3 is 2.22 bits per heavy atom. The first-order valence-corrected chi connectivity index (χ1v) is 6.93. The maximum absolute atomic E-state index is 6.19. The van der Waals surface area contributed by atoms with E-state index in [9.17, 15) is 0 Å². The summed E-state index contributed by atoms with van der Waals surface area (Å²) in [6.45, 7) is 0.413. The van der Waals surface area contributed by atoms with Gasteiger partial charge in [-0.2, -0.15) is 0 Å². The zero-order chi connectivity index (χ0) is 12.2. The molecule has 2 N–H and O–H groups in total. The topological polar surface area (TPSA) is 74.2 Å². The standard InChI is InChI=1S/C13H19N3O2/c14-12-16-15-11(18-12)7-17-13-4-8-1-9(5-13)3-10(2-8)6-13/h8-10H,1-7H2,(H2,14,16). The Hall–Kier alpha value is -1.10. The maximum atomic E-state index is 6.19. The van der Waals surface area contributed by atoms with E-state index in [1.165, 1.54) is 38.5 Å². The highest BCUT2D eigenvalue weighted by Gasteiger charge is 2.51. The van der Waals surface area contributed by atoms with Crippen LogP contribution in [0.1, 0.15) is 44.4 Å². The van der Waals surface area contributed by atoms with Crippen molar-refractivity contribution in [1.82, 2.24) is 10.2 Å². The largest absolute Gasteiger partial charge is 0.406 e. The predicted octanol–water partition coefficient (Wildman–Crippen LogP) is 2.14. The third-order valence-corrected chi connectivity index (χ3v) is 4.97. The van der Waals surface area contributed by atoms with Crippen LogP contribution in [0, 0.1) is 17.8 Å². The van der Waals surface area contributed by atoms with Crippen molar-refractivity contribution in [3.8, 4) is 0 Å². The first-order valence-electron chi connectivity index (χ1n) is 6.93. The van der Waals surface area contributed by atoms with E-state index in [2.05, 4.69) is 10.2 Å². The van der Waals surface area contributed by atoms with E-state index in [-0.39, 0.29) is 11.6 Å². The summed E-state index contributed by atoms with van der Waals surface area (Å²) >= 11 is 0. The number of nitrogen functional groups attached to an aromatic ring is 1. The van der Waals surface area contributed by atoms with Gasteiger partial charge in [-0.1, -0.05) is 5.10 Å². The number of anilines is 1. The minimum Gasteiger partial charge on any atom is -0.406 e. The number of hydrogen-bond donors (Lipinski definition) is 1. The van der Waals surface area contributed by atoms with Gasteiger partial charge in [-0.3, -0.25) is 0 Å². The molecule has 4 bridgehead atoms. The zero-order valence-corrected chi connectivity index (χ0v) is 10.5. The first-order chi connectivity index (χ1) is 8.71. The highest BCUT2D eigenvalue weighted by Crippen LogP contribution is 2.57. The molecule has 4 aliphatic carbocycles.